The molecule has 1 unspecified atom stereocenters. The number of nitrogens with one attached hydrogen (secondary N) is 1. The van der Waals surface area contributed by atoms with Gasteiger partial charge in [0.1, 0.15) is 19.2 Å². The fourth-order valence-electron chi connectivity index (χ4n) is 3.41. The Hall–Kier alpha value is -2.13. The fraction of sp³-hybridized carbons (Fsp3) is 0.500. The molecule has 0 radical (unpaired) electrons. The van der Waals surface area contributed by atoms with Crippen LogP contribution >= 0.6 is 0 Å². The van der Waals surface area contributed by atoms with Crippen molar-refractivity contribution < 1.29 is 14.4 Å². The van der Waals surface area contributed by atoms with Gasteiger partial charge in [0.05, 0.1) is 12.6 Å². The van der Waals surface area contributed by atoms with Gasteiger partial charge in [0, 0.05) is 5.56 Å². The molecule has 2 atom stereocenters. The van der Waals surface area contributed by atoms with Gasteiger partial charge in [-0.2, -0.15) is 0 Å². The van der Waals surface area contributed by atoms with Gasteiger partial charge >= 0.3 is 5.97 Å². The third kappa shape index (κ3) is 7.01. The molecule has 0 aliphatic rings. The summed E-state index contributed by atoms with van der Waals surface area (Å²) in [6.07, 6.45) is -0.150. The van der Waals surface area contributed by atoms with Crippen LogP contribution in [0.25, 0.3) is 0 Å². The van der Waals surface area contributed by atoms with E-state index in [1.54, 1.807) is 0 Å². The Bertz CT molecular complexity index is 781. The highest BCUT2D eigenvalue weighted by molar-refractivity contribution is 5.90. The van der Waals surface area contributed by atoms with Gasteiger partial charge in [-0.25, -0.2) is 4.79 Å². The quantitative estimate of drug-likeness (QED) is 0.727. The van der Waals surface area contributed by atoms with E-state index in [0.717, 1.165) is 24.2 Å². The monoisotopic (exact) mass is 396 g/mol. The van der Waals surface area contributed by atoms with Crippen molar-refractivity contribution in [3.63, 3.8) is 0 Å². The lowest BCUT2D eigenvalue weighted by atomic mass is 9.79. The van der Waals surface area contributed by atoms with Gasteiger partial charge in [-0.05, 0) is 41.0 Å². The minimum atomic E-state index is -0.235. The van der Waals surface area contributed by atoms with Crippen molar-refractivity contribution in [3.05, 3.63) is 70.8 Å². The predicted molar refractivity (Wildman–Crippen MR) is 121 cm³/mol. The molecule has 0 aliphatic carbocycles. The zero-order chi connectivity index (χ0) is 21.8. The second kappa shape index (κ2) is 9.13. The smallest absolute Gasteiger partial charge is 0.338 e. The molecule has 3 heteroatoms. The van der Waals surface area contributed by atoms with Crippen LogP contribution in [0.15, 0.2) is 48.5 Å². The van der Waals surface area contributed by atoms with Gasteiger partial charge < -0.3 is 9.64 Å². The number of ether oxygens (including phenoxy) is 1. The number of rotatable bonds is 6. The second-order valence-corrected chi connectivity index (χ2v) is 10.3. The third-order valence-electron chi connectivity index (χ3n) is 5.19. The highest BCUT2D eigenvalue weighted by Crippen LogP contribution is 2.30. The van der Waals surface area contributed by atoms with E-state index >= 15 is 0 Å². The van der Waals surface area contributed by atoms with Gasteiger partial charge in [-0.3, -0.25) is 0 Å². The number of esters is 1. The van der Waals surface area contributed by atoms with E-state index < -0.39 is 0 Å². The number of quaternary nitrogens is 1. The summed E-state index contributed by atoms with van der Waals surface area (Å²) in [4.78, 5) is 14.2. The molecule has 2 aromatic rings. The summed E-state index contributed by atoms with van der Waals surface area (Å²) >= 11 is 0. The summed E-state index contributed by atoms with van der Waals surface area (Å²) < 4.78 is 5.82. The summed E-state index contributed by atoms with van der Waals surface area (Å²) in [6.45, 7) is 16.7. The third-order valence-corrected chi connectivity index (χ3v) is 5.19. The molecular weight excluding hydrogens is 358 g/mol. The number of likely N-dealkylation sites (N-methyl/N-ethyl adjacent to an activating group) is 1. The van der Waals surface area contributed by atoms with E-state index in [4.69, 9.17) is 4.74 Å². The number of benzene rings is 2. The van der Waals surface area contributed by atoms with Crippen molar-refractivity contribution in [2.24, 2.45) is 0 Å². The topological polar surface area (TPSA) is 30.7 Å². The lowest BCUT2D eigenvalue weighted by Crippen LogP contribution is -3.08. The van der Waals surface area contributed by atoms with Crippen LogP contribution in [0, 0.1) is 0 Å². The maximum Gasteiger partial charge on any atom is 0.338 e. The second-order valence-electron chi connectivity index (χ2n) is 10.3. The Morgan fingerprint density at radius 1 is 0.931 bits per heavy atom. The van der Waals surface area contributed by atoms with E-state index in [0.29, 0.717) is 5.56 Å². The van der Waals surface area contributed by atoms with Crippen molar-refractivity contribution in [2.75, 3.05) is 13.6 Å². The van der Waals surface area contributed by atoms with E-state index in [1.165, 1.54) is 10.5 Å². The molecule has 2 aromatic carbocycles. The lowest BCUT2D eigenvalue weighted by Gasteiger charge is -2.26. The lowest BCUT2D eigenvalue weighted by molar-refractivity contribution is -0.896. The summed E-state index contributed by atoms with van der Waals surface area (Å²) in [6, 6.07) is 16.6. The van der Waals surface area contributed by atoms with Crippen molar-refractivity contribution in [2.45, 2.75) is 71.9 Å². The Morgan fingerprint density at radius 2 is 1.45 bits per heavy atom. The van der Waals surface area contributed by atoms with E-state index in [9.17, 15) is 4.79 Å². The van der Waals surface area contributed by atoms with Crippen LogP contribution in [0.5, 0.6) is 0 Å². The molecule has 158 valence electrons. The molecule has 0 saturated heterocycles. The van der Waals surface area contributed by atoms with Crippen molar-refractivity contribution in [1.29, 1.82) is 0 Å². The first kappa shape index (κ1) is 23.2. The van der Waals surface area contributed by atoms with Crippen LogP contribution in [-0.4, -0.2) is 25.7 Å². The molecule has 0 fully saturated rings. The van der Waals surface area contributed by atoms with Crippen LogP contribution < -0.4 is 4.90 Å². The van der Waals surface area contributed by atoms with Crippen LogP contribution in [0.2, 0.25) is 0 Å². The standard InChI is InChI=1S/C26H37NO2/c1-19(17-27(8)18-20-12-10-9-11-13-20)29-24(28)21-14-22(25(2,3)4)16-23(15-21)26(5,6)7/h9-16,19H,17-18H2,1-8H3/p+1/t19-/m1/s1. The Labute approximate surface area is 177 Å². The first-order valence-corrected chi connectivity index (χ1v) is 10.6. The predicted octanol–water partition coefficient (Wildman–Crippen LogP) is 4.54. The molecule has 0 heterocycles. The van der Waals surface area contributed by atoms with Gasteiger partial charge in [-0.1, -0.05) is 77.9 Å². The van der Waals surface area contributed by atoms with Crippen LogP contribution in [0.3, 0.4) is 0 Å². The largest absolute Gasteiger partial charge is 0.453 e. The molecule has 0 aromatic heterocycles. The summed E-state index contributed by atoms with van der Waals surface area (Å²) in [5, 5.41) is 0. The molecule has 0 amide bonds. The molecule has 0 saturated carbocycles. The fourth-order valence-corrected chi connectivity index (χ4v) is 3.41. The van der Waals surface area contributed by atoms with Gasteiger partial charge in [-0.15, -0.1) is 0 Å². The highest BCUT2D eigenvalue weighted by atomic mass is 16.5. The average Bonchev–Trinajstić information content (AvgIpc) is 2.60. The van der Waals surface area contributed by atoms with Crippen LogP contribution in [0.1, 0.15) is 75.5 Å². The van der Waals surface area contributed by atoms with Crippen molar-refractivity contribution >= 4 is 5.97 Å². The minimum absolute atomic E-state index is 0.0258. The van der Waals surface area contributed by atoms with Crippen LogP contribution in [0.4, 0.5) is 0 Å². The highest BCUT2D eigenvalue weighted by Gasteiger charge is 2.24. The van der Waals surface area contributed by atoms with Gasteiger partial charge in [0.15, 0.2) is 0 Å². The summed E-state index contributed by atoms with van der Waals surface area (Å²) in [5.74, 6) is -0.235. The number of hydrogen-bond donors (Lipinski definition) is 1. The first-order valence-electron chi connectivity index (χ1n) is 10.6. The zero-order valence-corrected chi connectivity index (χ0v) is 19.4. The summed E-state index contributed by atoms with van der Waals surface area (Å²) in [7, 11) is 2.13. The molecule has 0 spiro atoms. The average molecular weight is 397 g/mol. The normalized spacial score (nSPS) is 14.3. The first-order chi connectivity index (χ1) is 13.4. The van der Waals surface area contributed by atoms with Crippen molar-refractivity contribution in [3.8, 4) is 0 Å². The molecule has 2 rings (SSSR count). The van der Waals surface area contributed by atoms with Crippen molar-refractivity contribution in [1.82, 2.24) is 0 Å². The maximum absolute atomic E-state index is 12.9. The number of carbonyl (C=O) groups excluding carboxylic acids is 1. The maximum atomic E-state index is 12.9. The Morgan fingerprint density at radius 3 is 1.93 bits per heavy atom. The van der Waals surface area contributed by atoms with Gasteiger partial charge in [0.25, 0.3) is 0 Å². The number of hydrogen-bond acceptors (Lipinski definition) is 2. The molecular formula is C26H38NO2+. The number of carbonyl (C=O) groups is 1. The van der Waals surface area contributed by atoms with E-state index in [1.807, 2.05) is 25.1 Å². The van der Waals surface area contributed by atoms with Gasteiger partial charge in [0.2, 0.25) is 0 Å². The molecule has 3 nitrogen and oxygen atoms in total. The zero-order valence-electron chi connectivity index (χ0n) is 19.4. The van der Waals surface area contributed by atoms with E-state index in [2.05, 4.69) is 78.9 Å². The molecule has 0 aliphatic heterocycles. The Balaban J connectivity index is 2.10. The summed E-state index contributed by atoms with van der Waals surface area (Å²) in [5.41, 5.74) is 4.21. The Kier molecular flexibility index (Phi) is 7.29. The molecule has 1 N–H and O–H groups in total. The van der Waals surface area contributed by atoms with E-state index in [-0.39, 0.29) is 22.9 Å². The molecule has 0 bridgehead atoms. The molecule has 29 heavy (non-hydrogen) atoms. The minimum Gasteiger partial charge on any atom is -0.453 e. The SMILES string of the molecule is C[C@H](C[NH+](C)Cc1ccccc1)OC(=O)c1cc(C(C)(C)C)cc(C(C)(C)C)c1. The van der Waals surface area contributed by atoms with Crippen LogP contribution in [-0.2, 0) is 22.1 Å².